The van der Waals surface area contributed by atoms with Crippen molar-refractivity contribution in [2.75, 3.05) is 18.9 Å². The van der Waals surface area contributed by atoms with Gasteiger partial charge in [-0.15, -0.1) is 4.91 Å². The zero-order valence-corrected chi connectivity index (χ0v) is 18.3. The molecule has 0 radical (unpaired) electrons. The molecule has 32 heavy (non-hydrogen) atoms. The molecule has 3 aromatic rings. The lowest BCUT2D eigenvalue weighted by Gasteiger charge is -2.14. The number of ether oxygens (including phenoxy) is 3. The van der Waals surface area contributed by atoms with Crippen molar-refractivity contribution in [3.05, 3.63) is 76.7 Å². The van der Waals surface area contributed by atoms with Crippen LogP contribution in [0.15, 0.2) is 70.7 Å². The quantitative estimate of drug-likeness (QED) is 0.382. The van der Waals surface area contributed by atoms with Crippen molar-refractivity contribution in [1.82, 2.24) is 0 Å². The first kappa shape index (κ1) is 22.8. The lowest BCUT2D eigenvalue weighted by Crippen LogP contribution is -2.16. The first-order valence-corrected chi connectivity index (χ1v) is 10.8. The van der Waals surface area contributed by atoms with Crippen LogP contribution in [-0.2, 0) is 14.8 Å². The minimum atomic E-state index is -3.94. The highest BCUT2D eigenvalue weighted by Crippen LogP contribution is 2.34. The number of nitrogens with one attached hydrogen (secondary N) is 1. The van der Waals surface area contributed by atoms with Crippen LogP contribution in [0.25, 0.3) is 0 Å². The van der Waals surface area contributed by atoms with Crippen molar-refractivity contribution < 1.29 is 27.4 Å². The van der Waals surface area contributed by atoms with Crippen molar-refractivity contribution in [2.45, 2.75) is 11.8 Å². The van der Waals surface area contributed by atoms with Gasteiger partial charge in [0.1, 0.15) is 17.2 Å². The number of carbonyl (C=O) groups is 1. The van der Waals surface area contributed by atoms with E-state index in [-0.39, 0.29) is 33.3 Å². The summed E-state index contributed by atoms with van der Waals surface area (Å²) in [6.07, 6.45) is 0. The van der Waals surface area contributed by atoms with Gasteiger partial charge in [0.25, 0.3) is 10.0 Å². The summed E-state index contributed by atoms with van der Waals surface area (Å²) in [5.41, 5.74) is 1.01. The Balaban J connectivity index is 1.93. The largest absolute Gasteiger partial charge is 0.494 e. The molecule has 3 aromatic carbocycles. The van der Waals surface area contributed by atoms with E-state index in [4.69, 9.17) is 14.2 Å². The number of hydrogen-bond acceptors (Lipinski definition) is 8. The predicted octanol–water partition coefficient (Wildman–Crippen LogP) is 4.78. The number of anilines is 1. The zero-order chi connectivity index (χ0) is 23.3. The molecule has 1 N–H and O–H groups in total. The van der Waals surface area contributed by atoms with Gasteiger partial charge in [0, 0.05) is 6.07 Å². The molecule has 166 valence electrons. The number of nitroso groups, excluding NO2 is 1. The van der Waals surface area contributed by atoms with E-state index < -0.39 is 16.0 Å². The fraction of sp³-hybridized carbons (Fsp3) is 0.136. The number of rotatable bonds is 8. The lowest BCUT2D eigenvalue weighted by molar-refractivity contribution is 0.0601. The number of hydrogen-bond donors (Lipinski definition) is 1. The fourth-order valence-corrected chi connectivity index (χ4v) is 3.89. The van der Waals surface area contributed by atoms with E-state index in [1.54, 1.807) is 12.1 Å². The molecule has 0 saturated heterocycles. The molecular formula is C22H20N2O7S. The summed E-state index contributed by atoms with van der Waals surface area (Å²) in [5, 5.41) is 2.86. The van der Waals surface area contributed by atoms with Gasteiger partial charge in [-0.3, -0.25) is 4.72 Å². The van der Waals surface area contributed by atoms with Gasteiger partial charge in [0.2, 0.25) is 0 Å². The summed E-state index contributed by atoms with van der Waals surface area (Å²) in [6.45, 7) is 1.84. The number of benzene rings is 3. The first-order valence-electron chi connectivity index (χ1n) is 9.28. The number of nitrogens with zero attached hydrogens (tertiary/aromatic N) is 1. The fourth-order valence-electron chi connectivity index (χ4n) is 2.81. The van der Waals surface area contributed by atoms with Crippen molar-refractivity contribution in [3.63, 3.8) is 0 Å². The van der Waals surface area contributed by atoms with Gasteiger partial charge in [0.15, 0.2) is 5.75 Å². The molecule has 0 atom stereocenters. The third-order valence-electron chi connectivity index (χ3n) is 4.46. The number of methoxy groups -OCH3 is 2. The maximum absolute atomic E-state index is 12.7. The van der Waals surface area contributed by atoms with Crippen molar-refractivity contribution in [2.24, 2.45) is 5.18 Å². The summed E-state index contributed by atoms with van der Waals surface area (Å²) in [5.74, 6) is 0.0129. The Kier molecular flexibility index (Phi) is 6.74. The second-order valence-electron chi connectivity index (χ2n) is 6.64. The molecule has 0 heterocycles. The Hall–Kier alpha value is -3.92. The summed E-state index contributed by atoms with van der Waals surface area (Å²) in [7, 11) is -1.37. The molecule has 0 fully saturated rings. The average molecular weight is 456 g/mol. The molecule has 0 bridgehead atoms. The van der Waals surface area contributed by atoms with Gasteiger partial charge >= 0.3 is 5.97 Å². The minimum Gasteiger partial charge on any atom is -0.494 e. The molecular weight excluding hydrogens is 436 g/mol. The third-order valence-corrected chi connectivity index (χ3v) is 5.84. The maximum atomic E-state index is 12.7. The smallest absolute Gasteiger partial charge is 0.340 e. The topological polar surface area (TPSA) is 120 Å². The molecule has 9 nitrogen and oxygen atoms in total. The molecule has 0 spiro atoms. The molecule has 0 amide bonds. The van der Waals surface area contributed by atoms with Gasteiger partial charge in [-0.25, -0.2) is 13.2 Å². The third kappa shape index (κ3) is 5.03. The molecule has 0 aliphatic rings. The van der Waals surface area contributed by atoms with Gasteiger partial charge in [-0.1, -0.05) is 17.7 Å². The average Bonchev–Trinajstić information content (AvgIpc) is 2.79. The Morgan fingerprint density at radius 2 is 1.59 bits per heavy atom. The van der Waals surface area contributed by atoms with Crippen LogP contribution in [0.5, 0.6) is 17.2 Å². The van der Waals surface area contributed by atoms with E-state index in [0.29, 0.717) is 5.75 Å². The molecule has 0 saturated carbocycles. The summed E-state index contributed by atoms with van der Waals surface area (Å²) in [4.78, 5) is 23.2. The van der Waals surface area contributed by atoms with Gasteiger partial charge < -0.3 is 14.2 Å². The van der Waals surface area contributed by atoms with Crippen LogP contribution in [0, 0.1) is 11.8 Å². The van der Waals surface area contributed by atoms with E-state index in [0.717, 1.165) is 5.56 Å². The highest BCUT2D eigenvalue weighted by atomic mass is 32.2. The standard InChI is InChI=1S/C22H20N2O7S/c1-14-4-8-17(9-5-14)32(27,28)24-19-10-6-15(12-18(19)22(25)30-3)31-16-7-11-20(23-26)21(13-16)29-2/h4-13,24H,1-3H3. The molecule has 0 aliphatic heterocycles. The molecule has 10 heteroatoms. The number of carbonyl (C=O) groups excluding carboxylic acids is 1. The van der Waals surface area contributed by atoms with Crippen LogP contribution in [0.2, 0.25) is 0 Å². The summed E-state index contributed by atoms with van der Waals surface area (Å²) in [6, 6.07) is 14.9. The zero-order valence-electron chi connectivity index (χ0n) is 17.5. The first-order chi connectivity index (χ1) is 15.3. The maximum Gasteiger partial charge on any atom is 0.340 e. The van der Waals surface area contributed by atoms with Crippen LogP contribution in [0.3, 0.4) is 0 Å². The Labute approximate surface area is 185 Å². The van der Waals surface area contributed by atoms with E-state index in [2.05, 4.69) is 9.90 Å². The van der Waals surface area contributed by atoms with Gasteiger partial charge in [0.05, 0.1) is 30.4 Å². The number of sulfonamides is 1. The number of esters is 1. The van der Waals surface area contributed by atoms with Crippen molar-refractivity contribution in [1.29, 1.82) is 0 Å². The van der Waals surface area contributed by atoms with Crippen LogP contribution in [0.4, 0.5) is 11.4 Å². The van der Waals surface area contributed by atoms with Crippen molar-refractivity contribution in [3.8, 4) is 17.2 Å². The van der Waals surface area contributed by atoms with E-state index in [9.17, 15) is 18.1 Å². The Morgan fingerprint density at radius 3 is 2.22 bits per heavy atom. The van der Waals surface area contributed by atoms with Gasteiger partial charge in [-0.2, -0.15) is 0 Å². The molecule has 0 aromatic heterocycles. The summed E-state index contributed by atoms with van der Waals surface area (Å²) < 4.78 is 43.5. The Bertz CT molecular complexity index is 1260. The van der Waals surface area contributed by atoms with Crippen LogP contribution in [0.1, 0.15) is 15.9 Å². The number of aryl methyl sites for hydroxylation is 1. The molecule has 0 unspecified atom stereocenters. The second kappa shape index (κ2) is 9.48. The van der Waals surface area contributed by atoms with E-state index in [1.807, 2.05) is 6.92 Å². The normalized spacial score (nSPS) is 10.8. The Morgan fingerprint density at radius 1 is 0.938 bits per heavy atom. The van der Waals surface area contributed by atoms with Gasteiger partial charge in [-0.05, 0) is 54.6 Å². The molecule has 3 rings (SSSR count). The lowest BCUT2D eigenvalue weighted by atomic mass is 10.1. The second-order valence-corrected chi connectivity index (χ2v) is 8.33. The van der Waals surface area contributed by atoms with E-state index >= 15 is 0 Å². The highest BCUT2D eigenvalue weighted by Gasteiger charge is 2.20. The molecule has 0 aliphatic carbocycles. The van der Waals surface area contributed by atoms with E-state index in [1.165, 1.54) is 62.8 Å². The highest BCUT2D eigenvalue weighted by molar-refractivity contribution is 7.92. The summed E-state index contributed by atoms with van der Waals surface area (Å²) >= 11 is 0. The van der Waals surface area contributed by atoms with Crippen LogP contribution in [-0.4, -0.2) is 28.6 Å². The van der Waals surface area contributed by atoms with Crippen LogP contribution < -0.4 is 14.2 Å². The SMILES string of the molecule is COC(=O)c1cc(Oc2ccc(N=O)c(OC)c2)ccc1NS(=O)(=O)c1ccc(C)cc1. The van der Waals surface area contributed by atoms with Crippen molar-refractivity contribution >= 4 is 27.4 Å². The minimum absolute atomic E-state index is 0.0304. The van der Waals surface area contributed by atoms with Crippen LogP contribution >= 0.6 is 0 Å². The predicted molar refractivity (Wildman–Crippen MR) is 118 cm³/mol. The monoisotopic (exact) mass is 456 g/mol.